The van der Waals surface area contributed by atoms with Gasteiger partial charge in [-0.05, 0) is 58.1 Å². The molecule has 3 N–H and O–H groups in total. The quantitative estimate of drug-likeness (QED) is 0.225. The van der Waals surface area contributed by atoms with Crippen molar-refractivity contribution in [2.24, 2.45) is 0 Å². The number of hydrogen-bond donors (Lipinski definition) is 2. The molecule has 0 unspecified atom stereocenters. The van der Waals surface area contributed by atoms with Crippen molar-refractivity contribution in [2.75, 3.05) is 25.4 Å². The smallest absolute Gasteiger partial charge is 0.332 e. The molecular formula is C35H36Cl2N6O3. The number of piperazine rings is 1. The Morgan fingerprint density at radius 1 is 0.957 bits per heavy atom. The fourth-order valence-corrected chi connectivity index (χ4v) is 6.70. The second kappa shape index (κ2) is 13.6. The lowest BCUT2D eigenvalue weighted by Crippen LogP contribution is -2.66. The van der Waals surface area contributed by atoms with Crippen LogP contribution in [0.1, 0.15) is 30.0 Å². The van der Waals surface area contributed by atoms with E-state index in [1.54, 1.807) is 40.2 Å². The molecule has 0 aromatic heterocycles. The first kappa shape index (κ1) is 31.7. The number of hydrogen-bond acceptors (Lipinski definition) is 5. The fourth-order valence-electron chi connectivity index (χ4n) is 6.38. The van der Waals surface area contributed by atoms with Crippen LogP contribution in [0.15, 0.2) is 84.9 Å². The number of hydrazine groups is 1. The number of carbonyl (C=O) groups is 3. The van der Waals surface area contributed by atoms with Gasteiger partial charge in [0.05, 0.1) is 23.1 Å². The highest BCUT2D eigenvalue weighted by Crippen LogP contribution is 2.31. The van der Waals surface area contributed by atoms with Gasteiger partial charge in [0.15, 0.2) is 0 Å². The maximum Gasteiger partial charge on any atom is 0.332 e. The number of anilines is 1. The number of nitrogen functional groups attached to an aromatic ring is 1. The lowest BCUT2D eigenvalue weighted by molar-refractivity contribution is -0.157. The van der Waals surface area contributed by atoms with E-state index in [0.717, 1.165) is 27.5 Å². The number of carbonyl (C=O) groups excluding carboxylic acids is 3. The monoisotopic (exact) mass is 658 g/mol. The van der Waals surface area contributed by atoms with E-state index in [1.165, 1.54) is 0 Å². The minimum atomic E-state index is -0.738. The summed E-state index contributed by atoms with van der Waals surface area (Å²) in [5.74, 6) is -0.315. The Hall–Kier alpha value is -4.31. The molecular weight excluding hydrogens is 623 g/mol. The van der Waals surface area contributed by atoms with E-state index in [0.29, 0.717) is 41.7 Å². The van der Waals surface area contributed by atoms with E-state index in [1.807, 2.05) is 53.2 Å². The van der Waals surface area contributed by atoms with Crippen LogP contribution in [0.4, 0.5) is 10.5 Å². The van der Waals surface area contributed by atoms with E-state index >= 15 is 0 Å². The number of halogens is 2. The zero-order chi connectivity index (χ0) is 32.4. The first-order valence-corrected chi connectivity index (χ1v) is 16.2. The second-order valence-corrected chi connectivity index (χ2v) is 12.5. The van der Waals surface area contributed by atoms with Crippen molar-refractivity contribution in [3.8, 4) is 0 Å². The van der Waals surface area contributed by atoms with Gasteiger partial charge in [-0.1, -0.05) is 90.8 Å². The predicted molar refractivity (Wildman–Crippen MR) is 181 cm³/mol. The predicted octanol–water partition coefficient (Wildman–Crippen LogP) is 5.69. The van der Waals surface area contributed by atoms with Crippen molar-refractivity contribution >= 4 is 57.5 Å². The summed E-state index contributed by atoms with van der Waals surface area (Å²) in [7, 11) is 0. The Kier molecular flexibility index (Phi) is 9.35. The van der Waals surface area contributed by atoms with Crippen LogP contribution in [0.5, 0.6) is 0 Å². The molecule has 2 aliphatic heterocycles. The van der Waals surface area contributed by atoms with Crippen molar-refractivity contribution in [3.63, 3.8) is 0 Å². The SMILES string of the molecule is CCCN(C(=O)NCc1ccc(Cl)c(Cl)c1)N1CC(=O)N2[C@@H](Cc3ccc(N)cc3)C(=O)N(Cc3cccc4ccccc34)C[C@@H]21. The van der Waals surface area contributed by atoms with Crippen LogP contribution in [0.3, 0.4) is 0 Å². The van der Waals surface area contributed by atoms with Gasteiger partial charge in [-0.25, -0.2) is 4.79 Å². The summed E-state index contributed by atoms with van der Waals surface area (Å²) in [6, 6.07) is 25.7. The lowest BCUT2D eigenvalue weighted by atomic mass is 9.99. The summed E-state index contributed by atoms with van der Waals surface area (Å²) in [6.45, 7) is 3.23. The Morgan fingerprint density at radius 3 is 2.46 bits per heavy atom. The summed E-state index contributed by atoms with van der Waals surface area (Å²) < 4.78 is 0. The maximum absolute atomic E-state index is 14.2. The molecule has 9 nitrogen and oxygen atoms in total. The zero-order valence-electron chi connectivity index (χ0n) is 25.5. The van der Waals surface area contributed by atoms with Gasteiger partial charge in [-0.15, -0.1) is 0 Å². The van der Waals surface area contributed by atoms with Crippen LogP contribution in [0.2, 0.25) is 10.0 Å². The van der Waals surface area contributed by atoms with Gasteiger partial charge in [0.2, 0.25) is 11.8 Å². The van der Waals surface area contributed by atoms with E-state index in [2.05, 4.69) is 23.5 Å². The van der Waals surface area contributed by atoms with Crippen LogP contribution in [0, 0.1) is 0 Å². The molecule has 46 heavy (non-hydrogen) atoms. The molecule has 0 radical (unpaired) electrons. The molecule has 2 fully saturated rings. The minimum Gasteiger partial charge on any atom is -0.399 e. The standard InChI is InChI=1S/C35H36Cl2N6O3/c1-2-16-41(35(46)39-19-24-12-15-29(36)30(37)17-24)42-22-33(44)43-31(18-23-10-13-27(38)14-11-23)34(45)40(21-32(42)43)20-26-8-5-7-25-6-3-4-9-28(25)26/h3-15,17,31-32H,2,16,18-22,38H2,1H3,(H,39,46)/t31-,32+/m0/s1. The molecule has 2 heterocycles. The number of benzene rings is 4. The van der Waals surface area contributed by atoms with E-state index in [9.17, 15) is 14.4 Å². The maximum atomic E-state index is 14.2. The first-order chi connectivity index (χ1) is 22.2. The number of rotatable bonds is 9. The Morgan fingerprint density at radius 2 is 1.70 bits per heavy atom. The van der Waals surface area contributed by atoms with Gasteiger partial charge in [0.1, 0.15) is 12.2 Å². The average Bonchev–Trinajstić information content (AvgIpc) is 3.38. The first-order valence-electron chi connectivity index (χ1n) is 15.4. The molecule has 4 aromatic rings. The van der Waals surface area contributed by atoms with Crippen LogP contribution in [-0.4, -0.2) is 69.5 Å². The highest BCUT2D eigenvalue weighted by Gasteiger charge is 2.52. The van der Waals surface area contributed by atoms with Gasteiger partial charge in [0.25, 0.3) is 0 Å². The number of nitrogens with two attached hydrogens (primary N) is 1. The van der Waals surface area contributed by atoms with Gasteiger partial charge in [-0.3, -0.25) is 14.6 Å². The van der Waals surface area contributed by atoms with Crippen molar-refractivity contribution in [2.45, 2.75) is 45.1 Å². The highest BCUT2D eigenvalue weighted by atomic mass is 35.5. The summed E-state index contributed by atoms with van der Waals surface area (Å²) in [5, 5.41) is 9.40. The number of fused-ring (bicyclic) bond motifs is 2. The summed E-state index contributed by atoms with van der Waals surface area (Å²) in [4.78, 5) is 45.2. The fraction of sp³-hybridized carbons (Fsp3) is 0.286. The average molecular weight is 660 g/mol. The van der Waals surface area contributed by atoms with E-state index in [-0.39, 0.29) is 37.5 Å². The zero-order valence-corrected chi connectivity index (χ0v) is 27.0. The molecule has 0 aliphatic carbocycles. The summed E-state index contributed by atoms with van der Waals surface area (Å²) in [6.07, 6.45) is 0.477. The lowest BCUT2D eigenvalue weighted by Gasteiger charge is -2.46. The summed E-state index contributed by atoms with van der Waals surface area (Å²) >= 11 is 12.3. The van der Waals surface area contributed by atoms with Crippen molar-refractivity contribution in [1.82, 2.24) is 25.1 Å². The van der Waals surface area contributed by atoms with Gasteiger partial charge in [0, 0.05) is 31.7 Å². The van der Waals surface area contributed by atoms with Crippen LogP contribution in [-0.2, 0) is 29.1 Å². The van der Waals surface area contributed by atoms with Crippen LogP contribution in [0.25, 0.3) is 10.8 Å². The Bertz CT molecular complexity index is 1760. The molecule has 2 aliphatic rings. The number of nitrogens with one attached hydrogen (secondary N) is 1. The minimum absolute atomic E-state index is 0.0154. The molecule has 0 saturated carbocycles. The third-order valence-corrected chi connectivity index (χ3v) is 9.36. The topological polar surface area (TPSA) is 102 Å². The molecule has 6 rings (SSSR count). The number of amides is 4. The molecule has 0 spiro atoms. The number of nitrogens with zero attached hydrogens (tertiary/aromatic N) is 4. The Balaban J connectivity index is 1.30. The van der Waals surface area contributed by atoms with Gasteiger partial charge >= 0.3 is 6.03 Å². The van der Waals surface area contributed by atoms with Crippen LogP contribution < -0.4 is 11.1 Å². The number of urea groups is 1. The molecule has 2 atom stereocenters. The van der Waals surface area contributed by atoms with Crippen molar-refractivity contribution in [3.05, 3.63) is 112 Å². The second-order valence-electron chi connectivity index (χ2n) is 11.7. The third-order valence-electron chi connectivity index (χ3n) is 8.62. The molecule has 4 aromatic carbocycles. The van der Waals surface area contributed by atoms with E-state index in [4.69, 9.17) is 28.9 Å². The van der Waals surface area contributed by atoms with Gasteiger partial charge in [-0.2, -0.15) is 5.01 Å². The molecule has 4 amide bonds. The summed E-state index contributed by atoms with van der Waals surface area (Å²) in [5.41, 5.74) is 9.27. The Labute approximate surface area is 278 Å². The van der Waals surface area contributed by atoms with Gasteiger partial charge < -0.3 is 20.9 Å². The largest absolute Gasteiger partial charge is 0.399 e. The highest BCUT2D eigenvalue weighted by molar-refractivity contribution is 6.42. The third kappa shape index (κ3) is 6.49. The molecule has 0 bridgehead atoms. The normalized spacial score (nSPS) is 18.2. The van der Waals surface area contributed by atoms with Crippen molar-refractivity contribution < 1.29 is 14.4 Å². The molecule has 2 saturated heterocycles. The van der Waals surface area contributed by atoms with Crippen LogP contribution >= 0.6 is 23.2 Å². The van der Waals surface area contributed by atoms with E-state index < -0.39 is 12.2 Å². The molecule has 238 valence electrons. The van der Waals surface area contributed by atoms with Crippen molar-refractivity contribution in [1.29, 1.82) is 0 Å². The molecule has 11 heteroatoms.